The van der Waals surface area contributed by atoms with Crippen LogP contribution in [0.1, 0.15) is 29.0 Å². The van der Waals surface area contributed by atoms with E-state index in [9.17, 15) is 14.7 Å². The minimum absolute atomic E-state index is 0.170. The molecular weight excluding hydrogens is 352 g/mol. The summed E-state index contributed by atoms with van der Waals surface area (Å²) < 4.78 is 10.5. The first-order valence-electron chi connectivity index (χ1n) is 8.71. The fourth-order valence-electron chi connectivity index (χ4n) is 3.01. The van der Waals surface area contributed by atoms with Gasteiger partial charge in [-0.25, -0.2) is 4.79 Å². The summed E-state index contributed by atoms with van der Waals surface area (Å²) in [5.41, 5.74) is 1.30. The third kappa shape index (κ3) is 4.08. The number of carboxylic acid groups (broad SMARTS) is 1. The summed E-state index contributed by atoms with van der Waals surface area (Å²) in [6.07, 6.45) is 1.12. The van der Waals surface area contributed by atoms with Crippen molar-refractivity contribution in [2.75, 3.05) is 26.9 Å². The molecule has 3 rings (SSSR count). The zero-order valence-electron chi connectivity index (χ0n) is 15.3. The Labute approximate surface area is 156 Å². The van der Waals surface area contributed by atoms with Crippen LogP contribution in [0.25, 0.3) is 5.69 Å². The number of aliphatic carboxylic acids is 1. The van der Waals surface area contributed by atoms with Crippen molar-refractivity contribution in [2.45, 2.75) is 25.8 Å². The predicted octanol–water partition coefficient (Wildman–Crippen LogP) is 1.29. The van der Waals surface area contributed by atoms with Gasteiger partial charge in [0.05, 0.1) is 18.0 Å². The molecule has 0 saturated carbocycles. The minimum Gasteiger partial charge on any atom is -0.491 e. The van der Waals surface area contributed by atoms with Gasteiger partial charge in [-0.1, -0.05) is 0 Å². The van der Waals surface area contributed by atoms with Crippen LogP contribution in [0.5, 0.6) is 5.75 Å². The van der Waals surface area contributed by atoms with Crippen molar-refractivity contribution in [2.24, 2.45) is 0 Å². The van der Waals surface area contributed by atoms with E-state index in [1.165, 1.54) is 9.70 Å². The molecule has 0 aliphatic carbocycles. The van der Waals surface area contributed by atoms with Gasteiger partial charge < -0.3 is 19.5 Å². The number of hydrogen-bond donors (Lipinski definition) is 1. The van der Waals surface area contributed by atoms with Crippen molar-refractivity contribution >= 4 is 11.9 Å². The van der Waals surface area contributed by atoms with E-state index in [0.29, 0.717) is 49.7 Å². The molecule has 1 N–H and O–H groups in total. The van der Waals surface area contributed by atoms with Crippen molar-refractivity contribution in [3.05, 3.63) is 35.7 Å². The number of aryl methyl sites for hydroxylation is 1. The van der Waals surface area contributed by atoms with Crippen LogP contribution >= 0.6 is 0 Å². The molecule has 1 aromatic carbocycles. The molecule has 0 radical (unpaired) electrons. The Morgan fingerprint density at radius 2 is 1.96 bits per heavy atom. The number of hydrogen-bond acceptors (Lipinski definition) is 6. The number of methoxy groups -OCH3 is 1. The van der Waals surface area contributed by atoms with Crippen LogP contribution in [0, 0.1) is 6.92 Å². The van der Waals surface area contributed by atoms with Crippen LogP contribution in [0.15, 0.2) is 24.3 Å². The third-order valence-electron chi connectivity index (χ3n) is 4.41. The van der Waals surface area contributed by atoms with Crippen molar-refractivity contribution in [3.8, 4) is 11.4 Å². The maximum atomic E-state index is 12.7. The molecule has 0 spiro atoms. The number of ether oxygens (including phenoxy) is 2. The number of carbonyl (C=O) groups excluding carboxylic acids is 1. The summed E-state index contributed by atoms with van der Waals surface area (Å²) in [5, 5.41) is 17.9. The quantitative estimate of drug-likeness (QED) is 0.728. The molecule has 0 bridgehead atoms. The molecule has 2 aromatic rings. The Hall–Kier alpha value is -2.94. The van der Waals surface area contributed by atoms with Gasteiger partial charge in [0.2, 0.25) is 0 Å². The zero-order valence-corrected chi connectivity index (χ0v) is 15.3. The maximum absolute atomic E-state index is 12.7. The standard InChI is InChI=1S/C18H22N4O5/c1-12-16(17(23)21-9-3-4-15(21)18(24)25)20-22(19-12)13-5-7-14(8-6-13)27-11-10-26-2/h5-8,15H,3-4,9-11H2,1-2H3,(H,24,25)/t15-/m0/s1. The topological polar surface area (TPSA) is 107 Å². The average Bonchev–Trinajstić information content (AvgIpc) is 3.29. The fourth-order valence-corrected chi connectivity index (χ4v) is 3.01. The zero-order chi connectivity index (χ0) is 19.4. The van der Waals surface area contributed by atoms with E-state index in [1.807, 2.05) is 0 Å². The molecule has 0 unspecified atom stereocenters. The highest BCUT2D eigenvalue weighted by molar-refractivity contribution is 5.96. The monoisotopic (exact) mass is 374 g/mol. The van der Waals surface area contributed by atoms with Gasteiger partial charge in [0.15, 0.2) is 5.69 Å². The van der Waals surface area contributed by atoms with Gasteiger partial charge in [-0.05, 0) is 44.0 Å². The first kappa shape index (κ1) is 18.8. The molecule has 1 saturated heterocycles. The lowest BCUT2D eigenvalue weighted by molar-refractivity contribution is -0.141. The van der Waals surface area contributed by atoms with E-state index in [1.54, 1.807) is 38.3 Å². The number of benzene rings is 1. The number of carbonyl (C=O) groups is 2. The highest BCUT2D eigenvalue weighted by atomic mass is 16.5. The molecule has 144 valence electrons. The number of nitrogens with zero attached hydrogens (tertiary/aromatic N) is 4. The van der Waals surface area contributed by atoms with E-state index in [0.717, 1.165) is 0 Å². The van der Waals surface area contributed by atoms with E-state index in [4.69, 9.17) is 9.47 Å². The van der Waals surface area contributed by atoms with E-state index < -0.39 is 17.9 Å². The van der Waals surface area contributed by atoms with Gasteiger partial charge in [0, 0.05) is 13.7 Å². The maximum Gasteiger partial charge on any atom is 0.326 e. The number of amides is 1. The van der Waals surface area contributed by atoms with Gasteiger partial charge in [0.1, 0.15) is 18.4 Å². The SMILES string of the molecule is COCCOc1ccc(-n2nc(C)c(C(=O)N3CCC[C@H]3C(=O)O)n2)cc1. The molecule has 27 heavy (non-hydrogen) atoms. The Bertz CT molecular complexity index is 818. The van der Waals surface area contributed by atoms with Crippen molar-refractivity contribution in [3.63, 3.8) is 0 Å². The smallest absolute Gasteiger partial charge is 0.326 e. The van der Waals surface area contributed by atoms with Crippen LogP contribution in [0.3, 0.4) is 0 Å². The van der Waals surface area contributed by atoms with Crippen LogP contribution < -0.4 is 4.74 Å². The number of aromatic nitrogens is 3. The lowest BCUT2D eigenvalue weighted by atomic mass is 10.2. The predicted molar refractivity (Wildman–Crippen MR) is 95.2 cm³/mol. The van der Waals surface area contributed by atoms with E-state index in [-0.39, 0.29) is 5.69 Å². The van der Waals surface area contributed by atoms with Gasteiger partial charge in [-0.2, -0.15) is 9.90 Å². The number of carboxylic acids is 1. The van der Waals surface area contributed by atoms with Crippen LogP contribution in [0.2, 0.25) is 0 Å². The molecule has 1 atom stereocenters. The highest BCUT2D eigenvalue weighted by Gasteiger charge is 2.36. The number of rotatable bonds is 7. The van der Waals surface area contributed by atoms with Crippen LogP contribution in [0.4, 0.5) is 0 Å². The summed E-state index contributed by atoms with van der Waals surface area (Å²) in [6.45, 7) is 3.05. The van der Waals surface area contributed by atoms with E-state index in [2.05, 4.69) is 10.2 Å². The largest absolute Gasteiger partial charge is 0.491 e. The summed E-state index contributed by atoms with van der Waals surface area (Å²) in [6, 6.07) is 6.33. The second kappa shape index (κ2) is 8.17. The first-order valence-corrected chi connectivity index (χ1v) is 8.71. The van der Waals surface area contributed by atoms with Gasteiger partial charge in [-0.15, -0.1) is 5.10 Å². The minimum atomic E-state index is -0.991. The second-order valence-electron chi connectivity index (χ2n) is 6.25. The van der Waals surface area contributed by atoms with Gasteiger partial charge >= 0.3 is 5.97 Å². The molecule has 1 aromatic heterocycles. The van der Waals surface area contributed by atoms with E-state index >= 15 is 0 Å². The normalized spacial score (nSPS) is 16.5. The van der Waals surface area contributed by atoms with Gasteiger partial charge in [0.25, 0.3) is 5.91 Å². The van der Waals surface area contributed by atoms with Crippen molar-refractivity contribution in [1.82, 2.24) is 19.9 Å². The van der Waals surface area contributed by atoms with Gasteiger partial charge in [-0.3, -0.25) is 4.79 Å². The Morgan fingerprint density at radius 1 is 1.22 bits per heavy atom. The van der Waals surface area contributed by atoms with Crippen LogP contribution in [-0.2, 0) is 9.53 Å². The summed E-state index contributed by atoms with van der Waals surface area (Å²) in [7, 11) is 1.61. The molecule has 2 heterocycles. The molecule has 1 fully saturated rings. The highest BCUT2D eigenvalue weighted by Crippen LogP contribution is 2.21. The second-order valence-corrected chi connectivity index (χ2v) is 6.25. The molecule has 1 aliphatic heterocycles. The molecule has 1 amide bonds. The summed E-state index contributed by atoms with van der Waals surface area (Å²) >= 11 is 0. The molecule has 9 heteroatoms. The molecule has 1 aliphatic rings. The van der Waals surface area contributed by atoms with Crippen molar-refractivity contribution in [1.29, 1.82) is 0 Å². The molecule has 9 nitrogen and oxygen atoms in total. The number of likely N-dealkylation sites (tertiary alicyclic amines) is 1. The lowest BCUT2D eigenvalue weighted by Gasteiger charge is -2.20. The Morgan fingerprint density at radius 3 is 2.63 bits per heavy atom. The first-order chi connectivity index (χ1) is 13.0. The van der Waals surface area contributed by atoms with Crippen molar-refractivity contribution < 1.29 is 24.2 Å². The summed E-state index contributed by atoms with van der Waals surface area (Å²) in [5.74, 6) is -0.699. The third-order valence-corrected chi connectivity index (χ3v) is 4.41. The molecular formula is C18H22N4O5. The Kier molecular flexibility index (Phi) is 5.70. The Balaban J connectivity index is 1.76. The fraction of sp³-hybridized carbons (Fsp3) is 0.444. The average molecular weight is 374 g/mol. The lowest BCUT2D eigenvalue weighted by Crippen LogP contribution is -2.40. The van der Waals surface area contributed by atoms with Crippen LogP contribution in [-0.4, -0.2) is 69.8 Å². The summed E-state index contributed by atoms with van der Waals surface area (Å²) in [4.78, 5) is 26.8.